The summed E-state index contributed by atoms with van der Waals surface area (Å²) >= 11 is 0. The molecular weight excluding hydrogens is 236 g/mol. The summed E-state index contributed by atoms with van der Waals surface area (Å²) in [6.45, 7) is 4.37. The lowest BCUT2D eigenvalue weighted by molar-refractivity contribution is -0.134. The number of carbonyl (C=O) groups excluding carboxylic acids is 1. The molecule has 0 aliphatic heterocycles. The molecule has 0 spiro atoms. The molecule has 2 nitrogen and oxygen atoms in total. The summed E-state index contributed by atoms with van der Waals surface area (Å²) in [4.78, 5) is 11.3. The summed E-state index contributed by atoms with van der Waals surface area (Å²) in [5.74, 6) is -0.298. The number of aryl methyl sites for hydroxylation is 2. The molecule has 0 fully saturated rings. The zero-order valence-corrected chi connectivity index (χ0v) is 12.2. The predicted molar refractivity (Wildman–Crippen MR) is 80.1 cm³/mol. The molecule has 0 aromatic heterocycles. The van der Waals surface area contributed by atoms with E-state index in [4.69, 9.17) is 0 Å². The molecule has 0 aliphatic rings. The van der Waals surface area contributed by atoms with E-state index >= 15 is 0 Å². The van der Waals surface area contributed by atoms with Crippen LogP contribution in [0.1, 0.15) is 49.8 Å². The van der Waals surface area contributed by atoms with E-state index in [1.165, 1.54) is 42.7 Å². The fourth-order valence-electron chi connectivity index (χ4n) is 2.17. The molecule has 0 atom stereocenters. The molecule has 0 radical (unpaired) electrons. The summed E-state index contributed by atoms with van der Waals surface area (Å²) in [6.07, 6.45) is 8.99. The topological polar surface area (TPSA) is 26.3 Å². The van der Waals surface area contributed by atoms with Crippen LogP contribution in [0.15, 0.2) is 24.3 Å². The van der Waals surface area contributed by atoms with Crippen molar-refractivity contribution in [3.05, 3.63) is 41.0 Å². The van der Waals surface area contributed by atoms with Crippen molar-refractivity contribution >= 4 is 12.0 Å². The molecule has 1 aromatic carbocycles. The van der Waals surface area contributed by atoms with Gasteiger partial charge in [0, 0.05) is 6.08 Å². The van der Waals surface area contributed by atoms with Gasteiger partial charge in [-0.2, -0.15) is 0 Å². The van der Waals surface area contributed by atoms with E-state index in [1.54, 1.807) is 0 Å². The summed E-state index contributed by atoms with van der Waals surface area (Å²) in [6, 6.07) is 6.42. The summed E-state index contributed by atoms with van der Waals surface area (Å²) in [7, 11) is 1.41. The molecule has 19 heavy (non-hydrogen) atoms. The number of hydrogen-bond acceptors (Lipinski definition) is 2. The van der Waals surface area contributed by atoms with E-state index in [9.17, 15) is 4.79 Å². The van der Waals surface area contributed by atoms with Crippen LogP contribution in [0.5, 0.6) is 0 Å². The Balaban J connectivity index is 3.05. The Morgan fingerprint density at radius 2 is 1.84 bits per heavy atom. The van der Waals surface area contributed by atoms with Gasteiger partial charge in [-0.15, -0.1) is 0 Å². The first kappa shape index (κ1) is 15.5. The van der Waals surface area contributed by atoms with Crippen molar-refractivity contribution in [2.75, 3.05) is 7.11 Å². The van der Waals surface area contributed by atoms with Crippen LogP contribution in [0.4, 0.5) is 0 Å². The largest absolute Gasteiger partial charge is 0.466 e. The molecule has 104 valence electrons. The van der Waals surface area contributed by atoms with Crippen molar-refractivity contribution in [3.8, 4) is 0 Å². The van der Waals surface area contributed by atoms with Crippen LogP contribution in [-0.2, 0) is 22.4 Å². The lowest BCUT2D eigenvalue weighted by Gasteiger charge is -2.11. The SMILES string of the molecule is CCCCc1cccc(CCC)c1C=CC(=O)OC. The van der Waals surface area contributed by atoms with Gasteiger partial charge in [0.1, 0.15) is 0 Å². The van der Waals surface area contributed by atoms with Crippen molar-refractivity contribution in [3.63, 3.8) is 0 Å². The Hall–Kier alpha value is -1.57. The van der Waals surface area contributed by atoms with Crippen LogP contribution < -0.4 is 0 Å². The number of ether oxygens (including phenoxy) is 1. The second kappa shape index (κ2) is 8.52. The van der Waals surface area contributed by atoms with E-state index in [-0.39, 0.29) is 5.97 Å². The Morgan fingerprint density at radius 1 is 1.16 bits per heavy atom. The molecule has 0 N–H and O–H groups in total. The van der Waals surface area contributed by atoms with E-state index < -0.39 is 0 Å². The maximum atomic E-state index is 11.3. The highest BCUT2D eigenvalue weighted by atomic mass is 16.5. The fourth-order valence-corrected chi connectivity index (χ4v) is 2.17. The van der Waals surface area contributed by atoms with Crippen molar-refractivity contribution in [2.24, 2.45) is 0 Å². The quantitative estimate of drug-likeness (QED) is 0.543. The maximum Gasteiger partial charge on any atom is 0.330 e. The van der Waals surface area contributed by atoms with E-state index in [1.807, 2.05) is 6.08 Å². The molecule has 2 heteroatoms. The highest BCUT2D eigenvalue weighted by Crippen LogP contribution is 2.20. The van der Waals surface area contributed by atoms with Gasteiger partial charge in [-0.05, 0) is 42.0 Å². The highest BCUT2D eigenvalue weighted by Gasteiger charge is 2.05. The first-order valence-corrected chi connectivity index (χ1v) is 7.09. The third-order valence-electron chi connectivity index (χ3n) is 3.19. The number of carbonyl (C=O) groups is 1. The molecule has 0 saturated carbocycles. The van der Waals surface area contributed by atoms with Crippen molar-refractivity contribution in [2.45, 2.75) is 46.0 Å². The first-order chi connectivity index (χ1) is 9.22. The maximum absolute atomic E-state index is 11.3. The minimum Gasteiger partial charge on any atom is -0.466 e. The van der Waals surface area contributed by atoms with E-state index in [0.29, 0.717) is 0 Å². The third-order valence-corrected chi connectivity index (χ3v) is 3.19. The van der Waals surface area contributed by atoms with Gasteiger partial charge in [-0.3, -0.25) is 0 Å². The second-order valence-corrected chi connectivity index (χ2v) is 4.70. The van der Waals surface area contributed by atoms with Crippen LogP contribution in [0, 0.1) is 0 Å². The lowest BCUT2D eigenvalue weighted by Crippen LogP contribution is -1.98. The van der Waals surface area contributed by atoms with Crippen LogP contribution in [-0.4, -0.2) is 13.1 Å². The average molecular weight is 260 g/mol. The Kier molecular flexibility index (Phi) is 6.94. The van der Waals surface area contributed by atoms with Gasteiger partial charge in [0.2, 0.25) is 0 Å². The highest BCUT2D eigenvalue weighted by molar-refractivity contribution is 5.87. The zero-order valence-electron chi connectivity index (χ0n) is 12.2. The third kappa shape index (κ3) is 4.90. The Bertz CT molecular complexity index is 433. The van der Waals surface area contributed by atoms with Gasteiger partial charge in [0.15, 0.2) is 0 Å². The summed E-state index contributed by atoms with van der Waals surface area (Å²) < 4.78 is 4.67. The number of methoxy groups -OCH3 is 1. The van der Waals surface area contributed by atoms with Gasteiger partial charge in [-0.25, -0.2) is 4.79 Å². The van der Waals surface area contributed by atoms with Crippen LogP contribution in [0.25, 0.3) is 6.08 Å². The standard InChI is InChI=1S/C17H24O2/c1-4-6-9-15-11-7-10-14(8-5-2)16(15)12-13-17(18)19-3/h7,10-13H,4-6,8-9H2,1-3H3. The van der Waals surface area contributed by atoms with Crippen LogP contribution >= 0.6 is 0 Å². The number of hydrogen-bond donors (Lipinski definition) is 0. The minimum atomic E-state index is -0.298. The van der Waals surface area contributed by atoms with Gasteiger partial charge in [0.25, 0.3) is 0 Å². The number of esters is 1. The molecular formula is C17H24O2. The molecule has 1 rings (SSSR count). The molecule has 0 unspecified atom stereocenters. The summed E-state index contributed by atoms with van der Waals surface area (Å²) in [5.41, 5.74) is 3.84. The van der Waals surface area contributed by atoms with Crippen molar-refractivity contribution < 1.29 is 9.53 Å². The number of rotatable bonds is 7. The van der Waals surface area contributed by atoms with Gasteiger partial charge < -0.3 is 4.74 Å². The predicted octanol–water partition coefficient (Wildman–Crippen LogP) is 4.17. The monoisotopic (exact) mass is 260 g/mol. The van der Waals surface area contributed by atoms with Gasteiger partial charge in [-0.1, -0.05) is 44.9 Å². The normalized spacial score (nSPS) is 10.9. The zero-order chi connectivity index (χ0) is 14.1. The molecule has 0 aliphatic carbocycles. The van der Waals surface area contributed by atoms with E-state index in [0.717, 1.165) is 19.3 Å². The molecule has 0 bridgehead atoms. The van der Waals surface area contributed by atoms with Crippen molar-refractivity contribution in [1.29, 1.82) is 0 Å². The fraction of sp³-hybridized carbons (Fsp3) is 0.471. The van der Waals surface area contributed by atoms with Gasteiger partial charge >= 0.3 is 5.97 Å². The van der Waals surface area contributed by atoms with Crippen LogP contribution in [0.3, 0.4) is 0 Å². The van der Waals surface area contributed by atoms with Crippen LogP contribution in [0.2, 0.25) is 0 Å². The molecule has 0 saturated heterocycles. The first-order valence-electron chi connectivity index (χ1n) is 7.09. The molecule has 0 amide bonds. The van der Waals surface area contributed by atoms with E-state index in [2.05, 4.69) is 36.8 Å². The number of benzene rings is 1. The molecule has 0 heterocycles. The second-order valence-electron chi connectivity index (χ2n) is 4.70. The summed E-state index contributed by atoms with van der Waals surface area (Å²) in [5, 5.41) is 0. The van der Waals surface area contributed by atoms with Gasteiger partial charge in [0.05, 0.1) is 7.11 Å². The smallest absolute Gasteiger partial charge is 0.330 e. The lowest BCUT2D eigenvalue weighted by atomic mass is 9.94. The Labute approximate surface area is 116 Å². The Morgan fingerprint density at radius 3 is 2.42 bits per heavy atom. The molecule has 1 aromatic rings. The van der Waals surface area contributed by atoms with Crippen molar-refractivity contribution in [1.82, 2.24) is 0 Å². The number of unbranched alkanes of at least 4 members (excludes halogenated alkanes) is 1. The minimum absolute atomic E-state index is 0.298. The average Bonchev–Trinajstić information content (AvgIpc) is 2.43.